The number of carbonyl (C=O) groups excluding carboxylic acids is 1. The first-order valence-electron chi connectivity index (χ1n) is 7.49. The minimum atomic E-state index is 0.0434. The Labute approximate surface area is 138 Å². The molecule has 0 fully saturated rings. The van der Waals surface area contributed by atoms with E-state index >= 15 is 0 Å². The summed E-state index contributed by atoms with van der Waals surface area (Å²) >= 11 is 1.48. The lowest BCUT2D eigenvalue weighted by Crippen LogP contribution is -2.29. The van der Waals surface area contributed by atoms with Gasteiger partial charge in [0.25, 0.3) is 0 Å². The van der Waals surface area contributed by atoms with Crippen LogP contribution < -0.4 is 9.64 Å². The number of carbonyl (C=O) groups is 1. The molecule has 0 spiro atoms. The van der Waals surface area contributed by atoms with Crippen LogP contribution in [0.15, 0.2) is 41.0 Å². The number of furan rings is 1. The third kappa shape index (κ3) is 3.22. The van der Waals surface area contributed by atoms with E-state index in [4.69, 9.17) is 9.15 Å². The second-order valence-corrected chi connectivity index (χ2v) is 6.12. The molecule has 0 radical (unpaired) electrons. The maximum Gasteiger partial charge on any atom is 0.229 e. The number of thiazole rings is 1. The number of ether oxygens (including phenoxy) is 1. The summed E-state index contributed by atoms with van der Waals surface area (Å²) in [5.41, 5.74) is 0.781. The molecule has 5 nitrogen and oxygen atoms in total. The fourth-order valence-electron chi connectivity index (χ4n) is 2.36. The molecule has 3 rings (SSSR count). The van der Waals surface area contributed by atoms with Crippen LogP contribution in [0.5, 0.6) is 5.75 Å². The van der Waals surface area contributed by atoms with Crippen LogP contribution in [-0.4, -0.2) is 18.0 Å². The summed E-state index contributed by atoms with van der Waals surface area (Å²) in [5, 5.41) is 0.666. The molecule has 3 aromatic rings. The van der Waals surface area contributed by atoms with Crippen molar-refractivity contribution < 1.29 is 13.9 Å². The molecule has 0 N–H and O–H groups in total. The van der Waals surface area contributed by atoms with Crippen molar-refractivity contribution in [3.8, 4) is 5.75 Å². The van der Waals surface area contributed by atoms with Crippen LogP contribution in [-0.2, 0) is 11.3 Å². The number of benzene rings is 1. The molecule has 0 saturated carbocycles. The van der Waals surface area contributed by atoms with Crippen molar-refractivity contribution >= 4 is 32.6 Å². The summed E-state index contributed by atoms with van der Waals surface area (Å²) < 4.78 is 11.7. The molecule has 2 aromatic heterocycles. The molecule has 23 heavy (non-hydrogen) atoms. The first-order chi connectivity index (χ1) is 11.2. The van der Waals surface area contributed by atoms with E-state index in [2.05, 4.69) is 4.98 Å². The molecule has 0 unspecified atom stereocenters. The average molecular weight is 330 g/mol. The predicted octanol–water partition coefficient (Wildman–Crippen LogP) is 4.23. The van der Waals surface area contributed by atoms with Crippen molar-refractivity contribution in [1.82, 2.24) is 4.98 Å². The highest BCUT2D eigenvalue weighted by atomic mass is 32.1. The summed E-state index contributed by atoms with van der Waals surface area (Å²) in [6.45, 7) is 2.37. The first-order valence-corrected chi connectivity index (χ1v) is 8.31. The van der Waals surface area contributed by atoms with E-state index in [0.29, 0.717) is 23.8 Å². The number of methoxy groups -OCH3 is 1. The summed E-state index contributed by atoms with van der Waals surface area (Å²) in [5.74, 6) is 1.49. The van der Waals surface area contributed by atoms with Gasteiger partial charge in [-0.25, -0.2) is 4.98 Å². The highest BCUT2D eigenvalue weighted by molar-refractivity contribution is 7.22. The molecular weight excluding hydrogens is 312 g/mol. The normalized spacial score (nSPS) is 10.9. The highest BCUT2D eigenvalue weighted by Gasteiger charge is 2.21. The summed E-state index contributed by atoms with van der Waals surface area (Å²) in [6.07, 6.45) is 2.88. The Bertz CT molecular complexity index is 795. The number of amides is 1. The lowest BCUT2D eigenvalue weighted by molar-refractivity contribution is -0.118. The quantitative estimate of drug-likeness (QED) is 0.678. The third-order valence-electron chi connectivity index (χ3n) is 3.48. The Morgan fingerprint density at radius 3 is 2.91 bits per heavy atom. The Balaban J connectivity index is 2.00. The molecule has 2 heterocycles. The number of aromatic nitrogens is 1. The summed E-state index contributed by atoms with van der Waals surface area (Å²) in [7, 11) is 1.62. The number of fused-ring (bicyclic) bond motifs is 1. The molecule has 0 saturated heterocycles. The van der Waals surface area contributed by atoms with Gasteiger partial charge in [0.05, 0.1) is 24.6 Å². The van der Waals surface area contributed by atoms with Crippen molar-refractivity contribution in [2.75, 3.05) is 12.0 Å². The van der Waals surface area contributed by atoms with Gasteiger partial charge in [-0.3, -0.25) is 9.69 Å². The molecular formula is C17H18N2O3S. The van der Waals surface area contributed by atoms with Gasteiger partial charge in [-0.05, 0) is 30.7 Å². The molecule has 0 bridgehead atoms. The van der Waals surface area contributed by atoms with Crippen LogP contribution in [0.2, 0.25) is 0 Å². The Morgan fingerprint density at radius 2 is 2.22 bits per heavy atom. The van der Waals surface area contributed by atoms with E-state index in [-0.39, 0.29) is 5.91 Å². The fraction of sp³-hybridized carbons (Fsp3) is 0.294. The van der Waals surface area contributed by atoms with Crippen molar-refractivity contribution in [2.45, 2.75) is 26.3 Å². The summed E-state index contributed by atoms with van der Waals surface area (Å²) in [6, 6.07) is 9.46. The monoisotopic (exact) mass is 330 g/mol. The van der Waals surface area contributed by atoms with Crippen LogP contribution in [0.4, 0.5) is 5.13 Å². The molecule has 0 aliphatic heterocycles. The fourth-order valence-corrected chi connectivity index (χ4v) is 3.36. The number of nitrogens with zero attached hydrogens (tertiary/aromatic N) is 2. The zero-order valence-corrected chi connectivity index (χ0v) is 13.9. The topological polar surface area (TPSA) is 55.6 Å². The molecule has 0 aliphatic carbocycles. The van der Waals surface area contributed by atoms with Gasteiger partial charge < -0.3 is 9.15 Å². The van der Waals surface area contributed by atoms with Gasteiger partial charge in [0, 0.05) is 6.42 Å². The number of hydrogen-bond acceptors (Lipinski definition) is 5. The molecule has 1 amide bonds. The first kappa shape index (κ1) is 15.6. The second-order valence-electron chi connectivity index (χ2n) is 5.11. The standard InChI is InChI=1S/C17H18N2O3S/c1-3-6-15(20)19(11-12-7-5-10-22-12)17-18-16-13(21-2)8-4-9-14(16)23-17/h4-5,7-10H,3,6,11H2,1-2H3. The van der Waals surface area contributed by atoms with E-state index in [1.54, 1.807) is 18.3 Å². The number of rotatable bonds is 6. The van der Waals surface area contributed by atoms with Crippen LogP contribution >= 0.6 is 11.3 Å². The molecule has 0 aliphatic rings. The molecule has 1 aromatic carbocycles. The van der Waals surface area contributed by atoms with Crippen molar-refractivity contribution in [2.24, 2.45) is 0 Å². The molecule has 120 valence electrons. The van der Waals surface area contributed by atoms with E-state index in [0.717, 1.165) is 22.4 Å². The Morgan fingerprint density at radius 1 is 1.35 bits per heavy atom. The lowest BCUT2D eigenvalue weighted by Gasteiger charge is -2.18. The van der Waals surface area contributed by atoms with Crippen LogP contribution in [0.1, 0.15) is 25.5 Å². The maximum atomic E-state index is 12.5. The number of hydrogen-bond donors (Lipinski definition) is 0. The SMILES string of the molecule is CCCC(=O)N(Cc1ccco1)c1nc2c(OC)cccc2s1. The minimum Gasteiger partial charge on any atom is -0.494 e. The van der Waals surface area contributed by atoms with E-state index in [1.807, 2.05) is 37.3 Å². The van der Waals surface area contributed by atoms with Crippen molar-refractivity contribution in [1.29, 1.82) is 0 Å². The van der Waals surface area contributed by atoms with E-state index in [1.165, 1.54) is 11.3 Å². The van der Waals surface area contributed by atoms with E-state index in [9.17, 15) is 4.79 Å². The second kappa shape index (κ2) is 6.83. The zero-order chi connectivity index (χ0) is 16.2. The van der Waals surface area contributed by atoms with Gasteiger partial charge in [-0.2, -0.15) is 0 Å². The van der Waals surface area contributed by atoms with Crippen molar-refractivity contribution in [3.63, 3.8) is 0 Å². The predicted molar refractivity (Wildman–Crippen MR) is 91.0 cm³/mol. The van der Waals surface area contributed by atoms with E-state index < -0.39 is 0 Å². The van der Waals surface area contributed by atoms with Gasteiger partial charge in [0.2, 0.25) is 5.91 Å². The van der Waals surface area contributed by atoms with Gasteiger partial charge in [-0.1, -0.05) is 24.3 Å². The van der Waals surface area contributed by atoms with Crippen LogP contribution in [0, 0.1) is 0 Å². The molecule has 6 heteroatoms. The third-order valence-corrected chi connectivity index (χ3v) is 4.52. The van der Waals surface area contributed by atoms with Gasteiger partial charge >= 0.3 is 0 Å². The summed E-state index contributed by atoms with van der Waals surface area (Å²) in [4.78, 5) is 18.8. The number of para-hydroxylation sites is 1. The number of anilines is 1. The van der Waals surface area contributed by atoms with Crippen LogP contribution in [0.25, 0.3) is 10.2 Å². The Hall–Kier alpha value is -2.34. The van der Waals surface area contributed by atoms with Gasteiger partial charge in [0.15, 0.2) is 5.13 Å². The lowest BCUT2D eigenvalue weighted by atomic mass is 10.3. The largest absolute Gasteiger partial charge is 0.494 e. The maximum absolute atomic E-state index is 12.5. The molecule has 0 atom stereocenters. The Kier molecular flexibility index (Phi) is 4.62. The minimum absolute atomic E-state index is 0.0434. The zero-order valence-electron chi connectivity index (χ0n) is 13.1. The highest BCUT2D eigenvalue weighted by Crippen LogP contribution is 2.34. The smallest absolute Gasteiger partial charge is 0.229 e. The average Bonchev–Trinajstić information content (AvgIpc) is 3.21. The van der Waals surface area contributed by atoms with Crippen LogP contribution in [0.3, 0.4) is 0 Å². The van der Waals surface area contributed by atoms with Gasteiger partial charge in [0.1, 0.15) is 17.0 Å². The van der Waals surface area contributed by atoms with Crippen molar-refractivity contribution in [3.05, 3.63) is 42.4 Å². The van der Waals surface area contributed by atoms with Gasteiger partial charge in [-0.15, -0.1) is 0 Å².